The lowest BCUT2D eigenvalue weighted by Crippen LogP contribution is -2.33. The number of hydrogen-bond acceptors (Lipinski definition) is 2. The minimum atomic E-state index is 0.147. The second-order valence-corrected chi connectivity index (χ2v) is 6.63. The van der Waals surface area contributed by atoms with Gasteiger partial charge < -0.3 is 4.74 Å². The minimum absolute atomic E-state index is 0.147. The van der Waals surface area contributed by atoms with Crippen molar-refractivity contribution >= 4 is 5.78 Å². The van der Waals surface area contributed by atoms with Crippen LogP contribution in [0.3, 0.4) is 0 Å². The van der Waals surface area contributed by atoms with E-state index in [2.05, 4.69) is 20.8 Å². The first-order chi connectivity index (χ1) is 7.97. The van der Waals surface area contributed by atoms with E-state index in [1.54, 1.807) is 12.3 Å². The Bertz CT molecular complexity index is 303. The maximum Gasteiger partial charge on any atom is 0.162 e. The van der Waals surface area contributed by atoms with Gasteiger partial charge in [0, 0.05) is 12.5 Å². The molecule has 0 saturated heterocycles. The molecule has 1 atom stereocenters. The monoisotopic (exact) mass is 236 g/mol. The Kier molecular flexibility index (Phi) is 3.60. The molecule has 17 heavy (non-hydrogen) atoms. The van der Waals surface area contributed by atoms with Crippen LogP contribution in [0.5, 0.6) is 0 Å². The zero-order valence-corrected chi connectivity index (χ0v) is 11.2. The van der Waals surface area contributed by atoms with Crippen LogP contribution in [-0.2, 0) is 9.53 Å². The Labute approximate surface area is 104 Å². The first-order valence-electron chi connectivity index (χ1n) is 6.81. The molecule has 0 aromatic rings. The highest BCUT2D eigenvalue weighted by Crippen LogP contribution is 2.41. The molecule has 2 rings (SSSR count). The summed E-state index contributed by atoms with van der Waals surface area (Å²) < 4.78 is 5.61. The summed E-state index contributed by atoms with van der Waals surface area (Å²) in [7, 11) is 0. The van der Waals surface area contributed by atoms with Crippen molar-refractivity contribution in [1.29, 1.82) is 0 Å². The lowest BCUT2D eigenvalue weighted by Gasteiger charge is -2.39. The van der Waals surface area contributed by atoms with Crippen molar-refractivity contribution in [3.63, 3.8) is 0 Å². The molecule has 1 fully saturated rings. The average Bonchev–Trinajstić information content (AvgIpc) is 2.28. The third-order valence-corrected chi connectivity index (χ3v) is 4.43. The van der Waals surface area contributed by atoms with Crippen molar-refractivity contribution in [2.75, 3.05) is 0 Å². The van der Waals surface area contributed by atoms with Gasteiger partial charge in [0.1, 0.15) is 6.10 Å². The highest BCUT2D eigenvalue weighted by molar-refractivity contribution is 5.90. The van der Waals surface area contributed by atoms with Gasteiger partial charge in [-0.3, -0.25) is 4.79 Å². The molecule has 1 saturated carbocycles. The third kappa shape index (κ3) is 3.11. The van der Waals surface area contributed by atoms with Crippen molar-refractivity contribution in [2.45, 2.75) is 59.0 Å². The van der Waals surface area contributed by atoms with E-state index in [0.29, 0.717) is 17.8 Å². The van der Waals surface area contributed by atoms with Crippen molar-refractivity contribution < 1.29 is 9.53 Å². The maximum atomic E-state index is 11.4. The smallest absolute Gasteiger partial charge is 0.162 e. The highest BCUT2D eigenvalue weighted by atomic mass is 16.5. The number of hydrogen-bond donors (Lipinski definition) is 0. The van der Waals surface area contributed by atoms with E-state index in [9.17, 15) is 4.79 Å². The Balaban J connectivity index is 1.87. The van der Waals surface area contributed by atoms with Crippen LogP contribution in [0.15, 0.2) is 12.3 Å². The molecule has 0 spiro atoms. The van der Waals surface area contributed by atoms with Gasteiger partial charge >= 0.3 is 0 Å². The molecule has 0 radical (unpaired) electrons. The van der Waals surface area contributed by atoms with Crippen LogP contribution in [0.4, 0.5) is 0 Å². The van der Waals surface area contributed by atoms with Crippen LogP contribution < -0.4 is 0 Å². The van der Waals surface area contributed by atoms with E-state index >= 15 is 0 Å². The SMILES string of the molecule is CC(C)(C)C1CCC(C2CC(=O)C=CO2)CC1. The lowest BCUT2D eigenvalue weighted by atomic mass is 9.68. The summed E-state index contributed by atoms with van der Waals surface area (Å²) in [6, 6.07) is 0. The van der Waals surface area contributed by atoms with E-state index in [1.165, 1.54) is 25.7 Å². The van der Waals surface area contributed by atoms with E-state index in [4.69, 9.17) is 4.74 Å². The normalized spacial score (nSPS) is 34.5. The largest absolute Gasteiger partial charge is 0.497 e. The number of carbonyl (C=O) groups excluding carboxylic acids is 1. The van der Waals surface area contributed by atoms with E-state index in [-0.39, 0.29) is 11.9 Å². The predicted molar refractivity (Wildman–Crippen MR) is 68.5 cm³/mol. The van der Waals surface area contributed by atoms with Crippen LogP contribution >= 0.6 is 0 Å². The molecule has 0 amide bonds. The van der Waals surface area contributed by atoms with E-state index in [0.717, 1.165) is 5.92 Å². The summed E-state index contributed by atoms with van der Waals surface area (Å²) in [6.07, 6.45) is 8.87. The number of ether oxygens (including phenoxy) is 1. The Morgan fingerprint density at radius 1 is 1.18 bits per heavy atom. The molecule has 2 nitrogen and oxygen atoms in total. The van der Waals surface area contributed by atoms with Gasteiger partial charge in [-0.25, -0.2) is 0 Å². The number of allylic oxidation sites excluding steroid dienone is 1. The van der Waals surface area contributed by atoms with E-state index in [1.807, 2.05) is 0 Å². The Morgan fingerprint density at radius 2 is 1.82 bits per heavy atom. The molecule has 96 valence electrons. The van der Waals surface area contributed by atoms with Gasteiger partial charge in [-0.05, 0) is 42.9 Å². The summed E-state index contributed by atoms with van der Waals surface area (Å²) in [5, 5.41) is 0. The highest BCUT2D eigenvalue weighted by Gasteiger charge is 2.34. The average molecular weight is 236 g/mol. The summed E-state index contributed by atoms with van der Waals surface area (Å²) in [5.41, 5.74) is 0.425. The lowest BCUT2D eigenvalue weighted by molar-refractivity contribution is -0.119. The maximum absolute atomic E-state index is 11.4. The first kappa shape index (κ1) is 12.7. The molecule has 0 bridgehead atoms. The van der Waals surface area contributed by atoms with Gasteiger partial charge in [0.2, 0.25) is 0 Å². The van der Waals surface area contributed by atoms with Crippen LogP contribution in [0.2, 0.25) is 0 Å². The van der Waals surface area contributed by atoms with Gasteiger partial charge in [-0.15, -0.1) is 0 Å². The molecule has 2 aliphatic rings. The quantitative estimate of drug-likeness (QED) is 0.693. The molecular weight excluding hydrogens is 212 g/mol. The van der Waals surface area contributed by atoms with Gasteiger partial charge in [0.05, 0.1) is 6.26 Å². The molecule has 0 N–H and O–H groups in total. The zero-order valence-electron chi connectivity index (χ0n) is 11.2. The van der Waals surface area contributed by atoms with Crippen LogP contribution in [0.25, 0.3) is 0 Å². The standard InChI is InChI=1S/C15H24O2/c1-15(2,3)12-6-4-11(5-7-12)14-10-13(16)8-9-17-14/h8-9,11-12,14H,4-7,10H2,1-3H3. The van der Waals surface area contributed by atoms with Crippen molar-refractivity contribution in [2.24, 2.45) is 17.3 Å². The fraction of sp³-hybridized carbons (Fsp3) is 0.800. The number of rotatable bonds is 1. The van der Waals surface area contributed by atoms with Crippen molar-refractivity contribution in [3.8, 4) is 0 Å². The summed E-state index contributed by atoms with van der Waals surface area (Å²) in [5.74, 6) is 1.63. The molecular formula is C15H24O2. The molecule has 1 heterocycles. The second kappa shape index (κ2) is 4.83. The summed E-state index contributed by atoms with van der Waals surface area (Å²) in [4.78, 5) is 11.4. The molecule has 0 aromatic carbocycles. The van der Waals surface area contributed by atoms with Crippen LogP contribution in [0.1, 0.15) is 52.9 Å². The molecule has 1 unspecified atom stereocenters. The third-order valence-electron chi connectivity index (χ3n) is 4.43. The van der Waals surface area contributed by atoms with Gasteiger partial charge in [0.15, 0.2) is 5.78 Å². The van der Waals surface area contributed by atoms with Crippen molar-refractivity contribution in [3.05, 3.63) is 12.3 Å². The summed E-state index contributed by atoms with van der Waals surface area (Å²) >= 11 is 0. The minimum Gasteiger partial charge on any atom is -0.497 e. The molecule has 2 heteroatoms. The molecule has 1 aliphatic carbocycles. The van der Waals surface area contributed by atoms with Crippen LogP contribution in [0, 0.1) is 17.3 Å². The Morgan fingerprint density at radius 3 is 2.35 bits per heavy atom. The van der Waals surface area contributed by atoms with Crippen molar-refractivity contribution in [1.82, 2.24) is 0 Å². The van der Waals surface area contributed by atoms with Gasteiger partial charge in [-0.2, -0.15) is 0 Å². The van der Waals surface area contributed by atoms with Gasteiger partial charge in [0.25, 0.3) is 0 Å². The molecule has 1 aliphatic heterocycles. The molecule has 0 aromatic heterocycles. The van der Waals surface area contributed by atoms with E-state index < -0.39 is 0 Å². The second-order valence-electron chi connectivity index (χ2n) is 6.63. The zero-order chi connectivity index (χ0) is 12.5. The number of ketones is 1. The first-order valence-corrected chi connectivity index (χ1v) is 6.81. The van der Waals surface area contributed by atoms with Crippen LogP contribution in [-0.4, -0.2) is 11.9 Å². The fourth-order valence-corrected chi connectivity index (χ4v) is 3.17. The predicted octanol–water partition coefficient (Wildman–Crippen LogP) is 3.71. The number of carbonyl (C=O) groups is 1. The van der Waals surface area contributed by atoms with Gasteiger partial charge in [-0.1, -0.05) is 20.8 Å². The Hall–Kier alpha value is -0.790. The summed E-state index contributed by atoms with van der Waals surface area (Å²) in [6.45, 7) is 7.00. The topological polar surface area (TPSA) is 26.3 Å². The fourth-order valence-electron chi connectivity index (χ4n) is 3.17.